The molecule has 0 aliphatic rings. The van der Waals surface area contributed by atoms with Crippen molar-refractivity contribution in [2.45, 2.75) is 16.7 Å². The Morgan fingerprint density at radius 1 is 0.917 bits per heavy atom. The smallest absolute Gasteiger partial charge is 0.221 e. The fourth-order valence-electron chi connectivity index (χ4n) is 1.87. The maximum Gasteiger partial charge on any atom is 0.221 e. The lowest BCUT2D eigenvalue weighted by Crippen LogP contribution is -2.15. The first-order valence-electron chi connectivity index (χ1n) is 6.92. The van der Waals surface area contributed by atoms with Gasteiger partial charge in [-0.3, -0.25) is 0 Å². The third kappa shape index (κ3) is 3.80. The monoisotopic (exact) mass is 386 g/mol. The van der Waals surface area contributed by atoms with Crippen LogP contribution in [0.2, 0.25) is 5.02 Å². The van der Waals surface area contributed by atoms with Gasteiger partial charge in [0.2, 0.25) is 23.9 Å². The largest absolute Gasteiger partial charge is 0.499 e. The van der Waals surface area contributed by atoms with Crippen LogP contribution in [0.25, 0.3) is 0 Å². The molecule has 0 atom stereocenters. The highest BCUT2D eigenvalue weighted by Crippen LogP contribution is 2.29. The Morgan fingerprint density at radius 2 is 1.42 bits per heavy atom. The Balaban J connectivity index is 2.64. The molecule has 2 aromatic rings. The molecule has 0 unspecified atom stereocenters. The fraction of sp³-hybridized carbons (Fsp3) is 0.125. The lowest BCUT2D eigenvalue weighted by molar-refractivity contribution is 0.269. The van der Waals surface area contributed by atoms with E-state index in [9.17, 15) is 16.8 Å². The van der Waals surface area contributed by atoms with E-state index < -0.39 is 23.9 Å². The molecule has 128 valence electrons. The number of hydrogen-bond acceptors (Lipinski definition) is 5. The summed E-state index contributed by atoms with van der Waals surface area (Å²) < 4.78 is 55.3. The number of hydrogen-bond donors (Lipinski definition) is 0. The Hall–Kier alpha value is -1.83. The molecular weight excluding hydrogens is 372 g/mol. The SMILES string of the molecule is CCO/C=C(\S(=O)(=O)c1ccccc1)S(=O)(=O)c1ccc(Cl)cc1. The Kier molecular flexibility index (Phi) is 5.69. The summed E-state index contributed by atoms with van der Waals surface area (Å²) in [5.41, 5.74) is 0. The maximum absolute atomic E-state index is 12.8. The standard InChI is InChI=1S/C16H15ClO5S2/c1-2-22-12-16(23(18,19)14-6-4-3-5-7-14)24(20,21)15-10-8-13(17)9-11-15/h3-12H,2H2,1H3/b16-12+. The summed E-state index contributed by atoms with van der Waals surface area (Å²) in [5.74, 6) is 0. The lowest BCUT2D eigenvalue weighted by Gasteiger charge is -2.11. The van der Waals surface area contributed by atoms with Crippen LogP contribution in [0.5, 0.6) is 0 Å². The molecule has 0 aromatic heterocycles. The highest BCUT2D eigenvalue weighted by Gasteiger charge is 2.34. The molecule has 0 heterocycles. The van der Waals surface area contributed by atoms with Crippen molar-refractivity contribution in [3.05, 3.63) is 70.1 Å². The molecule has 0 saturated carbocycles. The minimum absolute atomic E-state index is 0.129. The van der Waals surface area contributed by atoms with Crippen LogP contribution >= 0.6 is 11.6 Å². The second kappa shape index (κ2) is 7.38. The zero-order chi connectivity index (χ0) is 17.8. The van der Waals surface area contributed by atoms with Crippen molar-refractivity contribution in [1.29, 1.82) is 0 Å². The van der Waals surface area contributed by atoms with Gasteiger partial charge in [-0.05, 0) is 43.3 Å². The fourth-order valence-corrected chi connectivity index (χ4v) is 5.59. The van der Waals surface area contributed by atoms with Gasteiger partial charge in [-0.2, -0.15) is 0 Å². The molecule has 0 aliphatic heterocycles. The predicted octanol–water partition coefficient (Wildman–Crippen LogP) is 3.42. The van der Waals surface area contributed by atoms with E-state index in [1.165, 1.54) is 48.5 Å². The maximum atomic E-state index is 12.8. The molecule has 0 spiro atoms. The Morgan fingerprint density at radius 3 is 1.92 bits per heavy atom. The van der Waals surface area contributed by atoms with Crippen LogP contribution in [-0.4, -0.2) is 23.4 Å². The first-order chi connectivity index (χ1) is 11.3. The molecule has 0 N–H and O–H groups in total. The molecule has 0 saturated heterocycles. The van der Waals surface area contributed by atoms with Crippen LogP contribution in [0.3, 0.4) is 0 Å². The number of sulfone groups is 2. The van der Waals surface area contributed by atoms with Gasteiger partial charge >= 0.3 is 0 Å². The molecule has 24 heavy (non-hydrogen) atoms. The van der Waals surface area contributed by atoms with Crippen molar-refractivity contribution in [1.82, 2.24) is 0 Å². The van der Waals surface area contributed by atoms with E-state index in [1.807, 2.05) is 0 Å². The van der Waals surface area contributed by atoms with Gasteiger partial charge in [0.25, 0.3) is 0 Å². The Labute approximate surface area is 146 Å². The molecule has 0 radical (unpaired) electrons. The summed E-state index contributed by atoms with van der Waals surface area (Å²) in [7, 11) is -8.58. The summed E-state index contributed by atoms with van der Waals surface area (Å²) in [4.78, 5) is -0.314. The van der Waals surface area contributed by atoms with Gasteiger partial charge in [-0.25, -0.2) is 16.8 Å². The normalized spacial score (nSPS) is 12.8. The average Bonchev–Trinajstić information content (AvgIpc) is 2.56. The lowest BCUT2D eigenvalue weighted by atomic mass is 10.4. The summed E-state index contributed by atoms with van der Waals surface area (Å²) in [6, 6.07) is 12.6. The quantitative estimate of drug-likeness (QED) is 0.711. The summed E-state index contributed by atoms with van der Waals surface area (Å²) in [5, 5.41) is 0.343. The van der Waals surface area contributed by atoms with Crippen LogP contribution in [0.4, 0.5) is 0 Å². The average molecular weight is 387 g/mol. The van der Waals surface area contributed by atoms with Crippen LogP contribution in [0, 0.1) is 0 Å². The zero-order valence-electron chi connectivity index (χ0n) is 12.7. The third-order valence-corrected chi connectivity index (χ3v) is 7.66. The summed E-state index contributed by atoms with van der Waals surface area (Å²) >= 11 is 5.76. The molecular formula is C16H15ClO5S2. The molecule has 0 amide bonds. The van der Waals surface area contributed by atoms with Crippen molar-refractivity contribution < 1.29 is 21.6 Å². The van der Waals surface area contributed by atoms with Gasteiger partial charge < -0.3 is 4.74 Å². The zero-order valence-corrected chi connectivity index (χ0v) is 15.1. The van der Waals surface area contributed by atoms with Gasteiger partial charge in [0, 0.05) is 5.02 Å². The second-order valence-corrected chi connectivity index (χ2v) is 9.20. The first kappa shape index (κ1) is 18.5. The van der Waals surface area contributed by atoms with E-state index >= 15 is 0 Å². The number of benzene rings is 2. The second-order valence-electron chi connectivity index (χ2n) is 4.67. The molecule has 0 aliphatic carbocycles. The summed E-state index contributed by atoms with van der Waals surface area (Å²) in [6.07, 6.45) is 0.770. The van der Waals surface area contributed by atoms with E-state index in [-0.39, 0.29) is 16.4 Å². The van der Waals surface area contributed by atoms with Gasteiger partial charge in [-0.15, -0.1) is 0 Å². The van der Waals surface area contributed by atoms with Crippen LogP contribution in [0.1, 0.15) is 6.92 Å². The molecule has 8 heteroatoms. The van der Waals surface area contributed by atoms with Crippen molar-refractivity contribution in [2.75, 3.05) is 6.61 Å². The number of rotatable bonds is 6. The first-order valence-corrected chi connectivity index (χ1v) is 10.3. The predicted molar refractivity (Wildman–Crippen MR) is 92.0 cm³/mol. The molecule has 2 rings (SSSR count). The number of halogens is 1. The van der Waals surface area contributed by atoms with E-state index in [4.69, 9.17) is 16.3 Å². The highest BCUT2D eigenvalue weighted by atomic mass is 35.5. The van der Waals surface area contributed by atoms with E-state index in [2.05, 4.69) is 0 Å². The molecule has 0 bridgehead atoms. The highest BCUT2D eigenvalue weighted by molar-refractivity contribution is 8.14. The molecule has 2 aromatic carbocycles. The van der Waals surface area contributed by atoms with Gasteiger partial charge in [0.15, 0.2) is 0 Å². The van der Waals surface area contributed by atoms with E-state index in [0.29, 0.717) is 5.02 Å². The van der Waals surface area contributed by atoms with Crippen molar-refractivity contribution in [3.8, 4) is 0 Å². The van der Waals surface area contributed by atoms with Crippen LogP contribution in [0.15, 0.2) is 74.9 Å². The Bertz CT molecular complexity index is 932. The number of ether oxygens (including phenoxy) is 1. The molecule has 5 nitrogen and oxygen atoms in total. The van der Waals surface area contributed by atoms with E-state index in [1.54, 1.807) is 13.0 Å². The van der Waals surface area contributed by atoms with Crippen molar-refractivity contribution in [2.24, 2.45) is 0 Å². The topological polar surface area (TPSA) is 77.5 Å². The van der Waals surface area contributed by atoms with E-state index in [0.717, 1.165) is 6.26 Å². The van der Waals surface area contributed by atoms with Crippen molar-refractivity contribution in [3.63, 3.8) is 0 Å². The summed E-state index contributed by atoms with van der Waals surface area (Å²) in [6.45, 7) is 1.75. The minimum Gasteiger partial charge on any atom is -0.499 e. The van der Waals surface area contributed by atoms with Gasteiger partial charge in [0.05, 0.1) is 16.4 Å². The molecule has 0 fully saturated rings. The van der Waals surface area contributed by atoms with Crippen LogP contribution < -0.4 is 0 Å². The van der Waals surface area contributed by atoms with Crippen molar-refractivity contribution >= 4 is 31.3 Å². The van der Waals surface area contributed by atoms with Gasteiger partial charge in [0.1, 0.15) is 6.26 Å². The van der Waals surface area contributed by atoms with Gasteiger partial charge in [-0.1, -0.05) is 29.8 Å². The van der Waals surface area contributed by atoms with Crippen LogP contribution in [-0.2, 0) is 24.4 Å². The third-order valence-electron chi connectivity index (χ3n) is 3.05. The minimum atomic E-state index is -4.31.